The Morgan fingerprint density at radius 1 is 1.34 bits per heavy atom. The Balaban J connectivity index is 1.81. The van der Waals surface area contributed by atoms with E-state index in [1.165, 1.54) is 5.01 Å². The summed E-state index contributed by atoms with van der Waals surface area (Å²) in [7, 11) is 1.75. The van der Waals surface area contributed by atoms with E-state index in [0.29, 0.717) is 17.4 Å². The Bertz CT molecular complexity index is 1020. The van der Waals surface area contributed by atoms with Crippen LogP contribution in [0.15, 0.2) is 48.7 Å². The molecule has 152 valence electrons. The lowest BCUT2D eigenvalue weighted by Crippen LogP contribution is -2.45. The monoisotopic (exact) mass is 413 g/mol. The second-order valence-corrected chi connectivity index (χ2v) is 7.07. The molecule has 1 amide bonds. The van der Waals surface area contributed by atoms with Gasteiger partial charge in [0, 0.05) is 25.5 Å². The van der Waals surface area contributed by atoms with Gasteiger partial charge in [0.05, 0.1) is 23.4 Å². The van der Waals surface area contributed by atoms with Crippen LogP contribution in [-0.2, 0) is 6.54 Å². The highest BCUT2D eigenvalue weighted by molar-refractivity contribution is 6.30. The lowest BCUT2D eigenvalue weighted by atomic mass is 10.1. The molecule has 2 aromatic heterocycles. The van der Waals surface area contributed by atoms with Crippen molar-refractivity contribution in [2.24, 2.45) is 0 Å². The molecule has 1 atom stereocenters. The molecule has 0 saturated carbocycles. The van der Waals surface area contributed by atoms with Gasteiger partial charge in [0.1, 0.15) is 5.15 Å². The third kappa shape index (κ3) is 4.58. The molecule has 3 rings (SSSR count). The Hall–Kier alpha value is -2.90. The molecule has 0 aliphatic carbocycles. The van der Waals surface area contributed by atoms with Crippen LogP contribution in [0.3, 0.4) is 0 Å². The van der Waals surface area contributed by atoms with Gasteiger partial charge in [0.25, 0.3) is 0 Å². The molecule has 0 aliphatic rings. The number of nitrogens with zero attached hydrogens (tertiary/aromatic N) is 5. The lowest BCUT2D eigenvalue weighted by molar-refractivity contribution is -0.00851. The number of likely N-dealkylation sites (N-methyl/N-ethyl adjacent to an activating group) is 1. The molecule has 8 heteroatoms. The van der Waals surface area contributed by atoms with Gasteiger partial charge >= 0.3 is 6.09 Å². The summed E-state index contributed by atoms with van der Waals surface area (Å²) in [6.07, 6.45) is 4.48. The van der Waals surface area contributed by atoms with Gasteiger partial charge in [-0.2, -0.15) is 5.10 Å². The molecule has 7 nitrogen and oxygen atoms in total. The summed E-state index contributed by atoms with van der Waals surface area (Å²) in [5.74, 6) is 0. The van der Waals surface area contributed by atoms with Crippen molar-refractivity contribution < 1.29 is 9.90 Å². The van der Waals surface area contributed by atoms with E-state index in [1.807, 2.05) is 61.0 Å². The standard InChI is InChI=1S/C21H24ClN5O2/c1-4-26-20-17(14-23-26)13-19(22)24-18(20)11-8-12-25(3)27(21(28)29)15(2)16-9-6-5-7-10-16/h5-11,13-15H,4,12H2,1-3H3,(H,28,29). The van der Waals surface area contributed by atoms with Crippen LogP contribution in [0.25, 0.3) is 17.0 Å². The smallest absolute Gasteiger partial charge is 0.422 e. The highest BCUT2D eigenvalue weighted by Crippen LogP contribution is 2.23. The maximum atomic E-state index is 11.9. The van der Waals surface area contributed by atoms with Gasteiger partial charge in [-0.05, 0) is 31.6 Å². The molecular weight excluding hydrogens is 390 g/mol. The van der Waals surface area contributed by atoms with Gasteiger partial charge in [0.15, 0.2) is 0 Å². The summed E-state index contributed by atoms with van der Waals surface area (Å²) in [4.78, 5) is 16.3. The molecule has 0 aliphatic heterocycles. The van der Waals surface area contributed by atoms with Crippen LogP contribution >= 0.6 is 11.6 Å². The van der Waals surface area contributed by atoms with Crippen molar-refractivity contribution in [3.8, 4) is 0 Å². The fraction of sp³-hybridized carbons (Fsp3) is 0.286. The number of carbonyl (C=O) groups is 1. The van der Waals surface area contributed by atoms with Gasteiger partial charge in [0.2, 0.25) is 0 Å². The molecule has 0 fully saturated rings. The maximum Gasteiger partial charge on any atom is 0.422 e. The van der Waals surface area contributed by atoms with Gasteiger partial charge in [-0.15, -0.1) is 0 Å². The Morgan fingerprint density at radius 3 is 2.72 bits per heavy atom. The molecular formula is C21H24ClN5O2. The minimum absolute atomic E-state index is 0.315. The van der Waals surface area contributed by atoms with Crippen molar-refractivity contribution in [3.05, 3.63) is 65.1 Å². The zero-order chi connectivity index (χ0) is 21.0. The molecule has 0 spiro atoms. The van der Waals surface area contributed by atoms with E-state index < -0.39 is 6.09 Å². The average Bonchev–Trinajstić information content (AvgIpc) is 3.11. The average molecular weight is 414 g/mol. The summed E-state index contributed by atoms with van der Waals surface area (Å²) >= 11 is 6.14. The summed E-state index contributed by atoms with van der Waals surface area (Å²) in [6.45, 7) is 4.98. The fourth-order valence-electron chi connectivity index (χ4n) is 3.36. The molecule has 0 saturated heterocycles. The first-order valence-corrected chi connectivity index (χ1v) is 9.77. The van der Waals surface area contributed by atoms with E-state index in [4.69, 9.17) is 11.6 Å². The second-order valence-electron chi connectivity index (χ2n) is 6.68. The molecule has 29 heavy (non-hydrogen) atoms. The number of benzene rings is 1. The summed E-state index contributed by atoms with van der Waals surface area (Å²) in [6, 6.07) is 11.0. The Morgan fingerprint density at radius 2 is 2.07 bits per heavy atom. The highest BCUT2D eigenvalue weighted by Gasteiger charge is 2.24. The summed E-state index contributed by atoms with van der Waals surface area (Å²) in [5, 5.41) is 18.4. The maximum absolute atomic E-state index is 11.9. The minimum Gasteiger partial charge on any atom is -0.464 e. The van der Waals surface area contributed by atoms with Crippen LogP contribution in [0.4, 0.5) is 4.79 Å². The van der Waals surface area contributed by atoms with Crippen LogP contribution < -0.4 is 0 Å². The zero-order valence-corrected chi connectivity index (χ0v) is 17.4. The van der Waals surface area contributed by atoms with Gasteiger partial charge in [-0.1, -0.05) is 48.0 Å². The van der Waals surface area contributed by atoms with E-state index >= 15 is 0 Å². The number of amides is 1. The molecule has 1 unspecified atom stereocenters. The topological polar surface area (TPSA) is 74.5 Å². The number of pyridine rings is 1. The SMILES string of the molecule is CCn1ncc2cc(Cl)nc(C=CCN(C)N(C(=O)O)C(C)c3ccccc3)c21. The first-order valence-electron chi connectivity index (χ1n) is 9.39. The third-order valence-corrected chi connectivity index (χ3v) is 4.96. The number of carboxylic acid groups (broad SMARTS) is 1. The number of halogens is 1. The molecule has 1 aromatic carbocycles. The van der Waals surface area contributed by atoms with Gasteiger partial charge in [-0.3, -0.25) is 4.68 Å². The first kappa shape index (κ1) is 20.8. The van der Waals surface area contributed by atoms with Crippen molar-refractivity contribution in [2.45, 2.75) is 26.4 Å². The largest absolute Gasteiger partial charge is 0.464 e. The number of hydrazine groups is 1. The van der Waals surface area contributed by atoms with Crippen molar-refractivity contribution >= 4 is 34.7 Å². The number of aryl methyl sites for hydroxylation is 1. The lowest BCUT2D eigenvalue weighted by Gasteiger charge is -2.34. The first-order chi connectivity index (χ1) is 13.9. The van der Waals surface area contributed by atoms with Crippen molar-refractivity contribution in [1.29, 1.82) is 0 Å². The normalized spacial score (nSPS) is 12.7. The Kier molecular flexibility index (Phi) is 6.51. The highest BCUT2D eigenvalue weighted by atomic mass is 35.5. The second kappa shape index (κ2) is 9.07. The Labute approximate surface area is 174 Å². The number of aromatic nitrogens is 3. The number of hydrogen-bond acceptors (Lipinski definition) is 4. The van der Waals surface area contributed by atoms with Crippen LogP contribution in [0, 0.1) is 0 Å². The quantitative estimate of drug-likeness (QED) is 0.448. The molecule has 1 N–H and O–H groups in total. The van der Waals surface area contributed by atoms with Crippen LogP contribution in [0.5, 0.6) is 0 Å². The third-order valence-electron chi connectivity index (χ3n) is 4.77. The van der Waals surface area contributed by atoms with E-state index in [9.17, 15) is 9.90 Å². The predicted molar refractivity (Wildman–Crippen MR) is 115 cm³/mol. The van der Waals surface area contributed by atoms with Crippen molar-refractivity contribution in [1.82, 2.24) is 24.8 Å². The van der Waals surface area contributed by atoms with Crippen molar-refractivity contribution in [3.63, 3.8) is 0 Å². The summed E-state index contributed by atoms with van der Waals surface area (Å²) < 4.78 is 1.86. The van der Waals surface area contributed by atoms with E-state index in [0.717, 1.165) is 23.0 Å². The molecule has 2 heterocycles. The zero-order valence-electron chi connectivity index (χ0n) is 16.7. The van der Waals surface area contributed by atoms with Crippen LogP contribution in [0.2, 0.25) is 5.15 Å². The van der Waals surface area contributed by atoms with E-state index in [2.05, 4.69) is 10.1 Å². The van der Waals surface area contributed by atoms with Gasteiger partial charge in [-0.25, -0.2) is 19.8 Å². The predicted octanol–water partition coefficient (Wildman–Crippen LogP) is 4.71. The molecule has 3 aromatic rings. The van der Waals surface area contributed by atoms with Crippen LogP contribution in [-0.4, -0.2) is 49.6 Å². The van der Waals surface area contributed by atoms with E-state index in [1.54, 1.807) is 24.3 Å². The fourth-order valence-corrected chi connectivity index (χ4v) is 3.56. The van der Waals surface area contributed by atoms with Crippen molar-refractivity contribution in [2.75, 3.05) is 13.6 Å². The minimum atomic E-state index is -1.01. The molecule has 0 radical (unpaired) electrons. The number of fused-ring (bicyclic) bond motifs is 1. The molecule has 0 bridgehead atoms. The summed E-state index contributed by atoms with van der Waals surface area (Å²) in [5.41, 5.74) is 2.54. The number of rotatable bonds is 7. The van der Waals surface area contributed by atoms with Gasteiger partial charge < -0.3 is 5.11 Å². The van der Waals surface area contributed by atoms with Crippen LogP contribution in [0.1, 0.15) is 31.1 Å². The number of hydrogen-bond donors (Lipinski definition) is 1. The van der Waals surface area contributed by atoms with E-state index in [-0.39, 0.29) is 6.04 Å².